The number of aliphatic hydroxyl groups excluding tert-OH is 4. The first-order valence-corrected chi connectivity index (χ1v) is 10.8. The number of aliphatic hydroxyl groups is 4. The van der Waals surface area contributed by atoms with Gasteiger partial charge in [0.05, 0.1) is 24.9 Å². The van der Waals surface area contributed by atoms with Gasteiger partial charge in [0.1, 0.15) is 30.5 Å². The van der Waals surface area contributed by atoms with Gasteiger partial charge < -0.3 is 40.0 Å². The Morgan fingerprint density at radius 2 is 1.58 bits per heavy atom. The molecule has 0 aromatic rings. The maximum atomic E-state index is 12.2. The van der Waals surface area contributed by atoms with Gasteiger partial charge >= 0.3 is 0 Å². The summed E-state index contributed by atoms with van der Waals surface area (Å²) in [6.07, 6.45) is -9.29. The molecule has 31 heavy (non-hydrogen) atoms. The molecule has 0 aliphatic carbocycles. The molecule has 5 N–H and O–H groups in total. The molecule has 0 aromatic carbocycles. The molecule has 0 saturated carbocycles. The molecule has 4 unspecified atom stereocenters. The smallest absolute Gasteiger partial charge is 0.217 e. The summed E-state index contributed by atoms with van der Waals surface area (Å²) in [6.45, 7) is 9.51. The molecular weight excluding hydrogens is 410 g/mol. The van der Waals surface area contributed by atoms with Crippen molar-refractivity contribution in [2.45, 2.75) is 96.6 Å². The van der Waals surface area contributed by atoms with Crippen molar-refractivity contribution in [3.63, 3.8) is 0 Å². The molecule has 0 aromatic heterocycles. The number of nitrogens with one attached hydrogen (secondary N) is 1. The Hall–Kier alpha value is -1.14. The molecular formula is C21H37NO9. The number of amides is 1. The lowest BCUT2D eigenvalue weighted by Gasteiger charge is -2.49. The maximum Gasteiger partial charge on any atom is 0.217 e. The maximum absolute atomic E-state index is 12.2. The molecule has 0 radical (unpaired) electrons. The van der Waals surface area contributed by atoms with E-state index in [1.54, 1.807) is 0 Å². The molecule has 10 heteroatoms. The van der Waals surface area contributed by atoms with E-state index in [4.69, 9.17) is 14.2 Å². The van der Waals surface area contributed by atoms with Crippen LogP contribution in [0.2, 0.25) is 0 Å². The van der Waals surface area contributed by atoms with Crippen molar-refractivity contribution >= 4 is 11.7 Å². The molecule has 2 saturated heterocycles. The fourth-order valence-corrected chi connectivity index (χ4v) is 4.53. The average molecular weight is 448 g/mol. The van der Waals surface area contributed by atoms with E-state index in [2.05, 4.69) is 5.32 Å². The number of rotatable bonds is 7. The number of Topliss-reactive ketones (excluding diaryl/α,β-unsaturated/α-hetero) is 1. The van der Waals surface area contributed by atoms with Gasteiger partial charge in [0.25, 0.3) is 0 Å². The van der Waals surface area contributed by atoms with Gasteiger partial charge in [-0.15, -0.1) is 0 Å². The summed E-state index contributed by atoms with van der Waals surface area (Å²) < 4.78 is 17.5. The summed E-state index contributed by atoms with van der Waals surface area (Å²) in [4.78, 5) is 24.0. The highest BCUT2D eigenvalue weighted by atomic mass is 16.7. The van der Waals surface area contributed by atoms with Crippen molar-refractivity contribution in [3.05, 3.63) is 0 Å². The van der Waals surface area contributed by atoms with Gasteiger partial charge in [-0.2, -0.15) is 0 Å². The molecule has 0 spiro atoms. The molecule has 180 valence electrons. The average Bonchev–Trinajstić information content (AvgIpc) is 2.66. The van der Waals surface area contributed by atoms with E-state index in [0.717, 1.165) is 0 Å². The van der Waals surface area contributed by atoms with Crippen LogP contribution >= 0.6 is 0 Å². The number of hydrogen-bond donors (Lipinski definition) is 5. The molecule has 2 heterocycles. The van der Waals surface area contributed by atoms with Crippen LogP contribution in [-0.4, -0.2) is 93.8 Å². The fraction of sp³-hybridized carbons (Fsp3) is 0.905. The van der Waals surface area contributed by atoms with Crippen molar-refractivity contribution in [1.82, 2.24) is 5.32 Å². The second-order valence-electron chi connectivity index (χ2n) is 9.22. The molecule has 10 atom stereocenters. The van der Waals surface area contributed by atoms with Crippen LogP contribution in [0.15, 0.2) is 0 Å². The Labute approximate surface area is 182 Å². The largest absolute Gasteiger partial charge is 0.394 e. The topological polar surface area (TPSA) is 155 Å². The monoisotopic (exact) mass is 447 g/mol. The lowest BCUT2D eigenvalue weighted by atomic mass is 9.79. The summed E-state index contributed by atoms with van der Waals surface area (Å²) in [7, 11) is 0. The van der Waals surface area contributed by atoms with Gasteiger partial charge in [0.2, 0.25) is 5.91 Å². The number of hydrogen-bond acceptors (Lipinski definition) is 9. The highest BCUT2D eigenvalue weighted by Gasteiger charge is 2.52. The minimum atomic E-state index is -1.49. The van der Waals surface area contributed by atoms with Crippen molar-refractivity contribution in [2.75, 3.05) is 6.61 Å². The summed E-state index contributed by atoms with van der Waals surface area (Å²) >= 11 is 0. The Kier molecular flexibility index (Phi) is 8.97. The Morgan fingerprint density at radius 3 is 2.03 bits per heavy atom. The first kappa shape index (κ1) is 26.1. The number of carbonyl (C=O) groups excluding carboxylic acids is 2. The summed E-state index contributed by atoms with van der Waals surface area (Å²) in [6, 6.07) is -0.818. The Balaban J connectivity index is 2.36. The first-order chi connectivity index (χ1) is 14.4. The first-order valence-electron chi connectivity index (χ1n) is 10.8. The summed E-state index contributed by atoms with van der Waals surface area (Å²) in [5, 5.41) is 44.5. The second kappa shape index (κ2) is 10.7. The SMILES string of the molecule is CC(=O)NC1[C@H](C(C)C)OC(CO)[C@H](O)[C@@H]1O[C@H]1O[C@H](C(C)=O)[C@@H](C(C)C)C(O)C1O. The van der Waals surface area contributed by atoms with E-state index in [0.29, 0.717) is 0 Å². The Bertz CT molecular complexity index is 628. The fourth-order valence-electron chi connectivity index (χ4n) is 4.53. The highest BCUT2D eigenvalue weighted by Crippen LogP contribution is 2.35. The predicted octanol–water partition coefficient (Wildman–Crippen LogP) is -1.04. The molecule has 2 rings (SSSR count). The standard InChI is InChI=1S/C21H37NO9/c1-8(2)13-16(27)17(28)21(30-19(13)10(5)24)31-20-14(22-11(6)25)18(9(3)4)29-12(7-23)15(20)26/h8-9,12-21,23,26-28H,7H2,1-6H3,(H,22,25)/t12?,13-,14?,15-,16?,17?,18-,19+,20+,21+/m0/s1. The van der Waals surface area contributed by atoms with Crippen LogP contribution in [0.25, 0.3) is 0 Å². The van der Waals surface area contributed by atoms with E-state index in [9.17, 15) is 30.0 Å². The van der Waals surface area contributed by atoms with Crippen LogP contribution in [0.5, 0.6) is 0 Å². The van der Waals surface area contributed by atoms with Crippen LogP contribution in [0.1, 0.15) is 41.5 Å². The molecule has 0 bridgehead atoms. The predicted molar refractivity (Wildman–Crippen MR) is 109 cm³/mol. The van der Waals surface area contributed by atoms with Gasteiger partial charge in [-0.3, -0.25) is 9.59 Å². The van der Waals surface area contributed by atoms with Crippen LogP contribution < -0.4 is 5.32 Å². The summed E-state index contributed by atoms with van der Waals surface area (Å²) in [5.74, 6) is -1.59. The van der Waals surface area contributed by atoms with E-state index >= 15 is 0 Å². The number of ketones is 1. The lowest BCUT2D eigenvalue weighted by molar-refractivity contribution is -0.322. The van der Waals surface area contributed by atoms with Crippen LogP contribution in [-0.2, 0) is 23.8 Å². The molecule has 2 aliphatic rings. The molecule has 2 aliphatic heterocycles. The van der Waals surface area contributed by atoms with Crippen molar-refractivity contribution in [2.24, 2.45) is 17.8 Å². The normalized spacial score (nSPS) is 41.4. The zero-order valence-electron chi connectivity index (χ0n) is 19.0. The number of carbonyl (C=O) groups is 2. The third-order valence-electron chi connectivity index (χ3n) is 6.08. The van der Waals surface area contributed by atoms with E-state index in [1.807, 2.05) is 27.7 Å². The minimum absolute atomic E-state index is 0.109. The van der Waals surface area contributed by atoms with Crippen molar-refractivity contribution < 1.29 is 44.2 Å². The highest BCUT2D eigenvalue weighted by molar-refractivity contribution is 5.81. The third kappa shape index (κ3) is 5.62. The molecule has 2 fully saturated rings. The summed E-state index contributed by atoms with van der Waals surface area (Å²) in [5.41, 5.74) is 0. The molecule has 1 amide bonds. The van der Waals surface area contributed by atoms with E-state index in [1.165, 1.54) is 13.8 Å². The Morgan fingerprint density at radius 1 is 0.968 bits per heavy atom. The molecule has 10 nitrogen and oxygen atoms in total. The second-order valence-corrected chi connectivity index (χ2v) is 9.22. The van der Waals surface area contributed by atoms with Gasteiger partial charge in [-0.1, -0.05) is 27.7 Å². The van der Waals surface area contributed by atoms with Crippen molar-refractivity contribution in [3.8, 4) is 0 Å². The zero-order chi connectivity index (χ0) is 23.6. The number of ether oxygens (including phenoxy) is 3. The minimum Gasteiger partial charge on any atom is -0.394 e. The van der Waals surface area contributed by atoms with Gasteiger partial charge in [-0.05, 0) is 18.8 Å². The van der Waals surface area contributed by atoms with Crippen LogP contribution in [0.3, 0.4) is 0 Å². The van der Waals surface area contributed by atoms with E-state index < -0.39 is 67.6 Å². The van der Waals surface area contributed by atoms with E-state index in [-0.39, 0.29) is 23.5 Å². The van der Waals surface area contributed by atoms with Crippen molar-refractivity contribution in [1.29, 1.82) is 0 Å². The quantitative estimate of drug-likeness (QED) is 0.329. The zero-order valence-corrected chi connectivity index (χ0v) is 19.0. The van der Waals surface area contributed by atoms with Crippen LogP contribution in [0, 0.1) is 17.8 Å². The third-order valence-corrected chi connectivity index (χ3v) is 6.08. The van der Waals surface area contributed by atoms with Crippen LogP contribution in [0.4, 0.5) is 0 Å². The van der Waals surface area contributed by atoms with Gasteiger partial charge in [-0.25, -0.2) is 0 Å². The van der Waals surface area contributed by atoms with Gasteiger partial charge in [0, 0.05) is 12.8 Å². The lowest BCUT2D eigenvalue weighted by Crippen LogP contribution is -2.68. The van der Waals surface area contributed by atoms with Gasteiger partial charge in [0.15, 0.2) is 12.1 Å².